The summed E-state index contributed by atoms with van der Waals surface area (Å²) in [5, 5.41) is 11.6. The average molecular weight is 731 g/mol. The van der Waals surface area contributed by atoms with Crippen LogP contribution in [-0.2, 0) is 28.6 Å². The predicted molar refractivity (Wildman–Crippen MR) is 210 cm³/mol. The molecule has 7 nitrogen and oxygen atoms in total. The summed E-state index contributed by atoms with van der Waals surface area (Å²) in [6.07, 6.45) is 36.3. The van der Waals surface area contributed by atoms with Crippen LogP contribution in [0.3, 0.4) is 0 Å². The Labute approximate surface area is 318 Å². The van der Waals surface area contributed by atoms with Crippen molar-refractivity contribution in [2.75, 3.05) is 7.11 Å². The van der Waals surface area contributed by atoms with Crippen LogP contribution in [0.25, 0.3) is 0 Å². The molecule has 52 heavy (non-hydrogen) atoms. The number of fused-ring (bicyclic) bond motifs is 1. The molecule has 0 unspecified atom stereocenters. The van der Waals surface area contributed by atoms with Crippen LogP contribution in [0.15, 0.2) is 11.1 Å². The lowest BCUT2D eigenvalue weighted by atomic mass is 9.78. The fourth-order valence-corrected chi connectivity index (χ4v) is 9.10. The van der Waals surface area contributed by atoms with E-state index in [0.29, 0.717) is 19.3 Å². The second-order valence-corrected chi connectivity index (χ2v) is 16.6. The van der Waals surface area contributed by atoms with E-state index in [1.807, 2.05) is 0 Å². The molecule has 0 aromatic heterocycles. The molecular formula is C45H78O7. The molecule has 0 aromatic rings. The van der Waals surface area contributed by atoms with Gasteiger partial charge in [-0.25, -0.2) is 4.79 Å². The van der Waals surface area contributed by atoms with Crippen molar-refractivity contribution < 1.29 is 33.7 Å². The van der Waals surface area contributed by atoms with Crippen molar-refractivity contribution in [3.05, 3.63) is 11.1 Å². The Bertz CT molecular complexity index is 1070. The Morgan fingerprint density at radius 3 is 1.54 bits per heavy atom. The molecule has 4 atom stereocenters. The molecule has 0 aromatic carbocycles. The van der Waals surface area contributed by atoms with Crippen LogP contribution < -0.4 is 0 Å². The molecule has 300 valence electrons. The first-order valence-corrected chi connectivity index (χ1v) is 22.3. The van der Waals surface area contributed by atoms with Crippen LogP contribution in [0.1, 0.15) is 226 Å². The van der Waals surface area contributed by atoms with Gasteiger partial charge in [0, 0.05) is 12.8 Å². The minimum Gasteiger partial charge on any atom is -0.465 e. The highest BCUT2D eigenvalue weighted by atomic mass is 16.7. The number of ether oxygens (including phenoxy) is 3. The van der Waals surface area contributed by atoms with Crippen molar-refractivity contribution in [3.8, 4) is 0 Å². The second-order valence-electron chi connectivity index (χ2n) is 16.6. The maximum absolute atomic E-state index is 13.9. The molecule has 2 fully saturated rings. The number of carbonyl (C=O) groups is 3. The van der Waals surface area contributed by atoms with E-state index >= 15 is 0 Å². The number of allylic oxidation sites excluding steroid dienone is 1. The molecule has 0 spiro atoms. The van der Waals surface area contributed by atoms with E-state index in [-0.39, 0.29) is 24.2 Å². The van der Waals surface area contributed by atoms with E-state index in [2.05, 4.69) is 13.8 Å². The Morgan fingerprint density at radius 2 is 1.10 bits per heavy atom. The maximum atomic E-state index is 13.9. The Morgan fingerprint density at radius 1 is 0.673 bits per heavy atom. The number of unbranched alkanes of at least 4 members (excludes halogenated alkanes) is 26. The summed E-state index contributed by atoms with van der Waals surface area (Å²) in [6.45, 7) is 4.53. The summed E-state index contributed by atoms with van der Waals surface area (Å²) in [5.74, 6) is -3.51. The van der Waals surface area contributed by atoms with Gasteiger partial charge in [-0.05, 0) is 25.7 Å². The first-order chi connectivity index (χ1) is 25.3. The molecule has 3 aliphatic rings. The number of carbonyl (C=O) groups excluding carboxylic acids is 3. The number of rotatable bonds is 32. The molecule has 1 aliphatic carbocycles. The molecule has 2 heterocycles. The molecule has 3 rings (SSSR count). The quantitative estimate of drug-likeness (QED) is 0.0418. The Hall–Kier alpha value is -1.73. The molecule has 2 aliphatic heterocycles. The minimum atomic E-state index is -1.44. The van der Waals surface area contributed by atoms with E-state index in [0.717, 1.165) is 44.1 Å². The van der Waals surface area contributed by atoms with Gasteiger partial charge >= 0.3 is 11.9 Å². The van der Waals surface area contributed by atoms with Crippen LogP contribution in [0.4, 0.5) is 0 Å². The number of aliphatic hydroxyl groups is 1. The standard InChI is InChI=1S/C45H78O7/c1-4-6-8-10-12-14-16-18-20-22-24-26-28-30-32-37-34-38(42(47)41(37)43(48)50-3)45-36-40(46)51-39(45)35-44(49,52-45)33-31-29-27-25-23-21-19-17-15-13-11-9-7-5-2/h38-39,49H,4-36H2,1-3H3/t38-,39-,44-,45+/m1/s1. The monoisotopic (exact) mass is 731 g/mol. The number of methoxy groups -OCH3 is 1. The first kappa shape index (κ1) is 44.7. The van der Waals surface area contributed by atoms with Crippen LogP contribution in [0.2, 0.25) is 0 Å². The first-order valence-electron chi connectivity index (χ1n) is 22.3. The fourth-order valence-electron chi connectivity index (χ4n) is 9.10. The van der Waals surface area contributed by atoms with Crippen molar-refractivity contribution in [2.45, 2.75) is 243 Å². The van der Waals surface area contributed by atoms with Gasteiger partial charge in [0.2, 0.25) is 0 Å². The summed E-state index contributed by atoms with van der Waals surface area (Å²) >= 11 is 0. The number of hydrogen-bond donors (Lipinski definition) is 1. The number of ketones is 1. The van der Waals surface area contributed by atoms with E-state index < -0.39 is 35.3 Å². The summed E-state index contributed by atoms with van der Waals surface area (Å²) in [5.41, 5.74) is -0.310. The second kappa shape index (κ2) is 25.4. The highest BCUT2D eigenvalue weighted by Crippen LogP contribution is 2.54. The normalized spacial score (nSPS) is 24.2. The zero-order valence-corrected chi connectivity index (χ0v) is 33.9. The van der Waals surface area contributed by atoms with Gasteiger partial charge in [0.05, 0.1) is 19.4 Å². The largest absolute Gasteiger partial charge is 0.465 e. The van der Waals surface area contributed by atoms with Crippen LogP contribution in [-0.4, -0.2) is 47.4 Å². The third-order valence-corrected chi connectivity index (χ3v) is 12.2. The smallest absolute Gasteiger partial charge is 0.341 e. The van der Waals surface area contributed by atoms with E-state index in [4.69, 9.17) is 14.2 Å². The van der Waals surface area contributed by atoms with Gasteiger partial charge in [0.25, 0.3) is 0 Å². The van der Waals surface area contributed by atoms with Gasteiger partial charge in [-0.1, -0.05) is 186 Å². The van der Waals surface area contributed by atoms with Gasteiger partial charge in [-0.2, -0.15) is 0 Å². The van der Waals surface area contributed by atoms with Gasteiger partial charge in [-0.3, -0.25) is 9.59 Å². The summed E-state index contributed by atoms with van der Waals surface area (Å²) in [4.78, 5) is 39.4. The lowest BCUT2D eigenvalue weighted by Gasteiger charge is -2.33. The average Bonchev–Trinajstić information content (AvgIpc) is 3.72. The highest BCUT2D eigenvalue weighted by molar-refractivity contribution is 6.21. The summed E-state index contributed by atoms with van der Waals surface area (Å²) in [6, 6.07) is 0. The SMILES string of the molecule is CCCCCCCCCCCCCCCCC1=C(C(=O)OC)C(=O)[C@H]([C@@]23CC(=O)O[C@@H]2C[C@@](O)(CCCCCCCCCCCCCCCC)O3)C1. The lowest BCUT2D eigenvalue weighted by molar-refractivity contribution is -0.237. The van der Waals surface area contributed by atoms with Crippen molar-refractivity contribution in [3.63, 3.8) is 0 Å². The fraction of sp³-hybridized carbons (Fsp3) is 0.889. The van der Waals surface area contributed by atoms with Crippen LogP contribution in [0, 0.1) is 5.92 Å². The molecule has 0 amide bonds. The number of esters is 2. The number of Topliss-reactive ketones (excluding diaryl/α,β-unsaturated/α-hetero) is 1. The van der Waals surface area contributed by atoms with Crippen LogP contribution >= 0.6 is 0 Å². The third-order valence-electron chi connectivity index (χ3n) is 12.2. The van der Waals surface area contributed by atoms with Crippen LogP contribution in [0.5, 0.6) is 0 Å². The van der Waals surface area contributed by atoms with Crippen molar-refractivity contribution >= 4 is 17.7 Å². The topological polar surface area (TPSA) is 99.1 Å². The molecule has 0 bridgehead atoms. The summed E-state index contributed by atoms with van der Waals surface area (Å²) in [7, 11) is 1.31. The van der Waals surface area contributed by atoms with E-state index in [9.17, 15) is 19.5 Å². The number of hydrogen-bond acceptors (Lipinski definition) is 7. The van der Waals surface area contributed by atoms with E-state index in [1.165, 1.54) is 148 Å². The molecular weight excluding hydrogens is 652 g/mol. The van der Waals surface area contributed by atoms with Crippen molar-refractivity contribution in [2.24, 2.45) is 5.92 Å². The van der Waals surface area contributed by atoms with Crippen molar-refractivity contribution in [1.29, 1.82) is 0 Å². The molecule has 0 saturated carbocycles. The summed E-state index contributed by atoms with van der Waals surface area (Å²) < 4.78 is 17.2. The van der Waals surface area contributed by atoms with Gasteiger partial charge in [-0.15, -0.1) is 0 Å². The zero-order valence-electron chi connectivity index (χ0n) is 33.9. The van der Waals surface area contributed by atoms with Gasteiger partial charge in [0.15, 0.2) is 11.6 Å². The molecule has 1 N–H and O–H groups in total. The van der Waals surface area contributed by atoms with Gasteiger partial charge in [0.1, 0.15) is 17.3 Å². The maximum Gasteiger partial charge on any atom is 0.341 e. The van der Waals surface area contributed by atoms with Crippen molar-refractivity contribution in [1.82, 2.24) is 0 Å². The lowest BCUT2D eigenvalue weighted by Crippen LogP contribution is -2.47. The highest BCUT2D eigenvalue weighted by Gasteiger charge is 2.67. The third kappa shape index (κ3) is 14.8. The molecule has 7 heteroatoms. The zero-order chi connectivity index (χ0) is 37.5. The minimum absolute atomic E-state index is 0.0737. The Kier molecular flexibility index (Phi) is 21.8. The predicted octanol–water partition coefficient (Wildman–Crippen LogP) is 12.0. The molecule has 2 saturated heterocycles. The van der Waals surface area contributed by atoms with Gasteiger partial charge < -0.3 is 19.3 Å². The van der Waals surface area contributed by atoms with E-state index in [1.54, 1.807) is 0 Å². The molecule has 0 radical (unpaired) electrons. The Balaban J connectivity index is 1.37.